The highest BCUT2D eigenvalue weighted by molar-refractivity contribution is 5.39. The fourth-order valence-corrected chi connectivity index (χ4v) is 3.68. The molecule has 0 heterocycles. The van der Waals surface area contributed by atoms with Gasteiger partial charge in [-0.2, -0.15) is 0 Å². The Morgan fingerprint density at radius 1 is 1.38 bits per heavy atom. The number of ether oxygens (including phenoxy) is 1. The van der Waals surface area contributed by atoms with Crippen LogP contribution in [0.4, 0.5) is 0 Å². The topological polar surface area (TPSA) is 26.3 Å². The molecule has 0 bridgehead atoms. The summed E-state index contributed by atoms with van der Waals surface area (Å²) in [6, 6.07) is 0. The zero-order valence-electron chi connectivity index (χ0n) is 10.6. The zero-order chi connectivity index (χ0) is 11.8. The average molecular weight is 222 g/mol. The van der Waals surface area contributed by atoms with Crippen LogP contribution in [0.25, 0.3) is 0 Å². The van der Waals surface area contributed by atoms with Crippen molar-refractivity contribution in [3.63, 3.8) is 0 Å². The van der Waals surface area contributed by atoms with Crippen LogP contribution in [0.15, 0.2) is 11.6 Å². The minimum Gasteiger partial charge on any atom is -0.464 e. The molecular weight excluding hydrogens is 200 g/mol. The first-order valence-corrected chi connectivity index (χ1v) is 6.29. The Hall–Kier alpha value is -0.790. The van der Waals surface area contributed by atoms with E-state index in [1.807, 2.05) is 0 Å². The summed E-state index contributed by atoms with van der Waals surface area (Å²) in [4.78, 5) is 10.7. The maximum absolute atomic E-state index is 10.7. The van der Waals surface area contributed by atoms with Crippen LogP contribution < -0.4 is 0 Å². The summed E-state index contributed by atoms with van der Waals surface area (Å²) in [5.41, 5.74) is 1.76. The molecule has 1 unspecified atom stereocenters. The second-order valence-corrected chi connectivity index (χ2v) is 6.10. The van der Waals surface area contributed by atoms with Gasteiger partial charge in [0.05, 0.1) is 0 Å². The van der Waals surface area contributed by atoms with E-state index in [1.54, 1.807) is 0 Å². The van der Waals surface area contributed by atoms with Gasteiger partial charge in [0, 0.05) is 5.41 Å². The lowest BCUT2D eigenvalue weighted by Gasteiger charge is -2.45. The maximum atomic E-state index is 10.7. The van der Waals surface area contributed by atoms with Crippen molar-refractivity contribution in [3.8, 4) is 0 Å². The molecule has 2 rings (SSSR count). The molecule has 1 saturated carbocycles. The third-order valence-electron chi connectivity index (χ3n) is 4.44. The molecule has 90 valence electrons. The summed E-state index contributed by atoms with van der Waals surface area (Å²) in [5, 5.41) is 0. The Kier molecular flexibility index (Phi) is 2.85. The molecule has 2 aliphatic rings. The molecule has 0 radical (unpaired) electrons. The van der Waals surface area contributed by atoms with Crippen LogP contribution in [-0.4, -0.2) is 12.6 Å². The summed E-state index contributed by atoms with van der Waals surface area (Å²) < 4.78 is 5.41. The van der Waals surface area contributed by atoms with Crippen LogP contribution in [0, 0.1) is 10.8 Å². The molecule has 2 heteroatoms. The molecule has 0 aliphatic heterocycles. The zero-order valence-corrected chi connectivity index (χ0v) is 10.6. The van der Waals surface area contributed by atoms with E-state index in [-0.39, 0.29) is 16.9 Å². The highest BCUT2D eigenvalue weighted by Crippen LogP contribution is 2.54. The third kappa shape index (κ3) is 1.79. The van der Waals surface area contributed by atoms with E-state index in [4.69, 9.17) is 4.74 Å². The van der Waals surface area contributed by atoms with Crippen molar-refractivity contribution in [2.75, 3.05) is 0 Å². The molecule has 0 amide bonds. The number of carbonyl (C=O) groups excluding carboxylic acids is 1. The molecule has 0 aromatic rings. The van der Waals surface area contributed by atoms with E-state index in [2.05, 4.69) is 26.8 Å². The van der Waals surface area contributed by atoms with Gasteiger partial charge < -0.3 is 4.74 Å². The summed E-state index contributed by atoms with van der Waals surface area (Å²) >= 11 is 0. The third-order valence-corrected chi connectivity index (χ3v) is 4.44. The van der Waals surface area contributed by atoms with Gasteiger partial charge in [-0.1, -0.05) is 38.3 Å². The van der Waals surface area contributed by atoms with Crippen LogP contribution >= 0.6 is 0 Å². The Bertz CT molecular complexity index is 309. The van der Waals surface area contributed by atoms with E-state index in [1.165, 1.54) is 31.3 Å². The molecule has 0 saturated heterocycles. The van der Waals surface area contributed by atoms with E-state index < -0.39 is 0 Å². The lowest BCUT2D eigenvalue weighted by Crippen LogP contribution is -2.42. The number of rotatable bonds is 2. The molecule has 2 aliphatic carbocycles. The first-order valence-electron chi connectivity index (χ1n) is 6.29. The quantitative estimate of drug-likeness (QED) is 0.528. The van der Waals surface area contributed by atoms with Gasteiger partial charge in [-0.05, 0) is 31.6 Å². The van der Waals surface area contributed by atoms with Crippen molar-refractivity contribution in [1.29, 1.82) is 0 Å². The van der Waals surface area contributed by atoms with Gasteiger partial charge in [0.1, 0.15) is 6.10 Å². The Balaban J connectivity index is 2.35. The molecule has 0 aromatic heterocycles. The van der Waals surface area contributed by atoms with E-state index in [9.17, 15) is 4.79 Å². The van der Waals surface area contributed by atoms with Crippen molar-refractivity contribution < 1.29 is 9.53 Å². The SMILES string of the molecule is CC1=CC(C)(C)CC(OC=O)C12CCCC2. The minimum atomic E-state index is 0.0903. The molecular formula is C14H22O2. The fraction of sp³-hybridized carbons (Fsp3) is 0.786. The Morgan fingerprint density at radius 3 is 2.56 bits per heavy atom. The molecule has 16 heavy (non-hydrogen) atoms. The number of hydrogen-bond acceptors (Lipinski definition) is 2. The Morgan fingerprint density at radius 2 is 2.00 bits per heavy atom. The minimum absolute atomic E-state index is 0.0903. The predicted octanol–water partition coefficient (Wildman–Crippen LogP) is 3.46. The van der Waals surface area contributed by atoms with Crippen molar-refractivity contribution in [3.05, 3.63) is 11.6 Å². The van der Waals surface area contributed by atoms with Crippen LogP contribution in [-0.2, 0) is 9.53 Å². The fourth-order valence-electron chi connectivity index (χ4n) is 3.68. The lowest BCUT2D eigenvalue weighted by molar-refractivity contribution is -0.141. The molecule has 1 spiro atoms. The summed E-state index contributed by atoms with van der Waals surface area (Å²) in [5.74, 6) is 0. The van der Waals surface area contributed by atoms with Crippen LogP contribution in [0.2, 0.25) is 0 Å². The van der Waals surface area contributed by atoms with Crippen molar-refractivity contribution in [2.45, 2.75) is 59.0 Å². The van der Waals surface area contributed by atoms with Gasteiger partial charge in [0.15, 0.2) is 0 Å². The highest BCUT2D eigenvalue weighted by atomic mass is 16.5. The lowest BCUT2D eigenvalue weighted by atomic mass is 9.63. The molecule has 2 nitrogen and oxygen atoms in total. The van der Waals surface area contributed by atoms with Crippen LogP contribution in [0.3, 0.4) is 0 Å². The van der Waals surface area contributed by atoms with Crippen LogP contribution in [0.1, 0.15) is 52.9 Å². The number of allylic oxidation sites excluding steroid dienone is 1. The van der Waals surface area contributed by atoms with Crippen molar-refractivity contribution >= 4 is 6.47 Å². The second kappa shape index (κ2) is 3.90. The van der Waals surface area contributed by atoms with Gasteiger partial charge in [0.25, 0.3) is 6.47 Å². The molecule has 1 atom stereocenters. The average Bonchev–Trinajstić information content (AvgIpc) is 2.63. The number of hydrogen-bond donors (Lipinski definition) is 0. The van der Waals surface area contributed by atoms with Crippen molar-refractivity contribution in [2.24, 2.45) is 10.8 Å². The smallest absolute Gasteiger partial charge is 0.293 e. The monoisotopic (exact) mass is 222 g/mol. The standard InChI is InChI=1S/C14H22O2/c1-11-8-13(2,3)9-12(16-10-15)14(11)6-4-5-7-14/h8,10,12H,4-7,9H2,1-3H3. The van der Waals surface area contributed by atoms with E-state index in [0.717, 1.165) is 6.42 Å². The van der Waals surface area contributed by atoms with E-state index >= 15 is 0 Å². The first-order chi connectivity index (χ1) is 7.50. The molecule has 0 N–H and O–H groups in total. The normalized spacial score (nSPS) is 31.2. The second-order valence-electron chi connectivity index (χ2n) is 6.10. The summed E-state index contributed by atoms with van der Waals surface area (Å²) in [6.45, 7) is 7.30. The van der Waals surface area contributed by atoms with Crippen molar-refractivity contribution in [1.82, 2.24) is 0 Å². The molecule has 1 fully saturated rings. The highest BCUT2D eigenvalue weighted by Gasteiger charge is 2.48. The summed E-state index contributed by atoms with van der Waals surface area (Å²) in [6.07, 6.45) is 8.35. The van der Waals surface area contributed by atoms with Gasteiger partial charge in [-0.25, -0.2) is 0 Å². The van der Waals surface area contributed by atoms with Gasteiger partial charge >= 0.3 is 0 Å². The van der Waals surface area contributed by atoms with Gasteiger partial charge in [-0.15, -0.1) is 0 Å². The molecule has 0 aromatic carbocycles. The Labute approximate surface area is 98.1 Å². The maximum Gasteiger partial charge on any atom is 0.293 e. The van der Waals surface area contributed by atoms with Gasteiger partial charge in [-0.3, -0.25) is 4.79 Å². The van der Waals surface area contributed by atoms with Gasteiger partial charge in [0.2, 0.25) is 0 Å². The first kappa shape index (κ1) is 11.7. The predicted molar refractivity (Wildman–Crippen MR) is 64.0 cm³/mol. The van der Waals surface area contributed by atoms with Crippen LogP contribution in [0.5, 0.6) is 0 Å². The largest absolute Gasteiger partial charge is 0.464 e. The van der Waals surface area contributed by atoms with E-state index in [0.29, 0.717) is 6.47 Å². The summed E-state index contributed by atoms with van der Waals surface area (Å²) in [7, 11) is 0. The number of carbonyl (C=O) groups is 1.